The third-order valence-electron chi connectivity index (χ3n) is 2.17. The van der Waals surface area contributed by atoms with E-state index in [0.29, 0.717) is 17.5 Å². The molecular weight excluding hydrogens is 184 g/mol. The largest absolute Gasteiger partial charge is 0.507 e. The topological polar surface area (TPSA) is 20.2 Å². The van der Waals surface area contributed by atoms with Gasteiger partial charge in [0.15, 0.2) is 0 Å². The maximum absolute atomic E-state index is 9.74. The molecule has 1 aromatic carbocycles. The second-order valence-corrected chi connectivity index (χ2v) is 3.91. The summed E-state index contributed by atoms with van der Waals surface area (Å²) >= 11 is 5.75. The first-order chi connectivity index (χ1) is 6.06. The van der Waals surface area contributed by atoms with Crippen LogP contribution in [0.15, 0.2) is 12.1 Å². The number of halogens is 1. The molecule has 0 aliphatic carbocycles. The summed E-state index contributed by atoms with van der Waals surface area (Å²) < 4.78 is 0. The van der Waals surface area contributed by atoms with Crippen LogP contribution in [0, 0.1) is 6.92 Å². The molecule has 0 aliphatic heterocycles. The molecule has 0 radical (unpaired) electrons. The van der Waals surface area contributed by atoms with Gasteiger partial charge in [-0.05, 0) is 29.5 Å². The minimum atomic E-state index is 0.335. The molecule has 0 atom stereocenters. The molecule has 13 heavy (non-hydrogen) atoms. The SMILES string of the molecule is Cc1cc(CCl)cc(C(C)C)c1O. The van der Waals surface area contributed by atoms with Gasteiger partial charge in [0.05, 0.1) is 0 Å². The van der Waals surface area contributed by atoms with Gasteiger partial charge in [-0.25, -0.2) is 0 Å². The Morgan fingerprint density at radius 3 is 2.46 bits per heavy atom. The number of alkyl halides is 1. The third-order valence-corrected chi connectivity index (χ3v) is 2.47. The van der Waals surface area contributed by atoms with Crippen LogP contribution < -0.4 is 0 Å². The van der Waals surface area contributed by atoms with Crippen molar-refractivity contribution in [1.82, 2.24) is 0 Å². The molecule has 1 aromatic rings. The van der Waals surface area contributed by atoms with Crippen molar-refractivity contribution >= 4 is 11.6 Å². The number of aryl methyl sites for hydroxylation is 1. The van der Waals surface area contributed by atoms with Crippen LogP contribution in [0.5, 0.6) is 5.75 Å². The fourth-order valence-electron chi connectivity index (χ4n) is 1.40. The Labute approximate surface area is 84.4 Å². The van der Waals surface area contributed by atoms with E-state index in [1.807, 2.05) is 19.1 Å². The van der Waals surface area contributed by atoms with Crippen LogP contribution in [0.4, 0.5) is 0 Å². The van der Waals surface area contributed by atoms with E-state index in [1.165, 1.54) is 0 Å². The van der Waals surface area contributed by atoms with Crippen molar-refractivity contribution in [1.29, 1.82) is 0 Å². The molecule has 2 heteroatoms. The Hall–Kier alpha value is -0.690. The second kappa shape index (κ2) is 4.01. The first kappa shape index (κ1) is 10.4. The van der Waals surface area contributed by atoms with Gasteiger partial charge < -0.3 is 5.11 Å². The maximum Gasteiger partial charge on any atom is 0.121 e. The lowest BCUT2D eigenvalue weighted by molar-refractivity contribution is 0.460. The van der Waals surface area contributed by atoms with Crippen LogP contribution in [-0.2, 0) is 5.88 Å². The Morgan fingerprint density at radius 2 is 2.00 bits per heavy atom. The molecule has 1 N–H and O–H groups in total. The smallest absolute Gasteiger partial charge is 0.121 e. The molecule has 0 fully saturated rings. The monoisotopic (exact) mass is 198 g/mol. The Bertz CT molecular complexity index is 305. The highest BCUT2D eigenvalue weighted by atomic mass is 35.5. The molecule has 1 rings (SSSR count). The van der Waals surface area contributed by atoms with Crippen LogP contribution in [0.25, 0.3) is 0 Å². The molecule has 0 bridgehead atoms. The highest BCUT2D eigenvalue weighted by molar-refractivity contribution is 6.17. The Balaban J connectivity index is 3.25. The molecule has 0 amide bonds. The van der Waals surface area contributed by atoms with Gasteiger partial charge in [0, 0.05) is 5.88 Å². The van der Waals surface area contributed by atoms with Gasteiger partial charge in [0.1, 0.15) is 5.75 Å². The summed E-state index contributed by atoms with van der Waals surface area (Å²) in [6.45, 7) is 6.02. The fraction of sp³-hybridized carbons (Fsp3) is 0.455. The molecule has 72 valence electrons. The normalized spacial score (nSPS) is 10.8. The average Bonchev–Trinajstić information content (AvgIpc) is 2.09. The quantitative estimate of drug-likeness (QED) is 0.721. The molecule has 0 aromatic heterocycles. The van der Waals surface area contributed by atoms with E-state index < -0.39 is 0 Å². The Morgan fingerprint density at radius 1 is 1.38 bits per heavy atom. The zero-order valence-corrected chi connectivity index (χ0v) is 9.02. The van der Waals surface area contributed by atoms with Crippen LogP contribution in [-0.4, -0.2) is 5.11 Å². The molecule has 0 aliphatic rings. The summed E-state index contributed by atoms with van der Waals surface area (Å²) in [7, 11) is 0. The van der Waals surface area contributed by atoms with Crippen molar-refractivity contribution in [3.8, 4) is 5.75 Å². The van der Waals surface area contributed by atoms with Gasteiger partial charge in [0.25, 0.3) is 0 Å². The zero-order chi connectivity index (χ0) is 10.0. The minimum Gasteiger partial charge on any atom is -0.507 e. The number of benzene rings is 1. The van der Waals surface area contributed by atoms with Gasteiger partial charge in [-0.3, -0.25) is 0 Å². The maximum atomic E-state index is 9.74. The summed E-state index contributed by atoms with van der Waals surface area (Å²) in [5.74, 6) is 1.24. The number of aromatic hydroxyl groups is 1. The highest BCUT2D eigenvalue weighted by Gasteiger charge is 2.09. The summed E-state index contributed by atoms with van der Waals surface area (Å²) in [4.78, 5) is 0. The lowest BCUT2D eigenvalue weighted by Crippen LogP contribution is -1.93. The van der Waals surface area contributed by atoms with Crippen molar-refractivity contribution in [3.05, 3.63) is 28.8 Å². The van der Waals surface area contributed by atoms with Gasteiger partial charge in [-0.2, -0.15) is 0 Å². The van der Waals surface area contributed by atoms with Gasteiger partial charge in [0.2, 0.25) is 0 Å². The summed E-state index contributed by atoms with van der Waals surface area (Å²) in [6.07, 6.45) is 0. The number of phenolic OH excluding ortho intramolecular Hbond substituents is 1. The molecule has 0 heterocycles. The van der Waals surface area contributed by atoms with Crippen molar-refractivity contribution in [2.75, 3.05) is 0 Å². The third kappa shape index (κ3) is 2.16. The molecule has 0 spiro atoms. The predicted octanol–water partition coefficient (Wildman–Crippen LogP) is 3.56. The van der Waals surface area contributed by atoms with E-state index in [2.05, 4.69) is 13.8 Å². The van der Waals surface area contributed by atoms with Crippen LogP contribution >= 0.6 is 11.6 Å². The van der Waals surface area contributed by atoms with E-state index in [-0.39, 0.29) is 0 Å². The van der Waals surface area contributed by atoms with Crippen LogP contribution in [0.2, 0.25) is 0 Å². The number of phenols is 1. The molecular formula is C11H15ClO. The van der Waals surface area contributed by atoms with Crippen molar-refractivity contribution in [3.63, 3.8) is 0 Å². The van der Waals surface area contributed by atoms with E-state index in [4.69, 9.17) is 11.6 Å². The van der Waals surface area contributed by atoms with Crippen molar-refractivity contribution < 1.29 is 5.11 Å². The van der Waals surface area contributed by atoms with Gasteiger partial charge in [-0.1, -0.05) is 26.0 Å². The number of hydrogen-bond donors (Lipinski definition) is 1. The highest BCUT2D eigenvalue weighted by Crippen LogP contribution is 2.30. The van der Waals surface area contributed by atoms with Gasteiger partial charge in [-0.15, -0.1) is 11.6 Å². The minimum absolute atomic E-state index is 0.335. The predicted molar refractivity (Wildman–Crippen MR) is 56.5 cm³/mol. The standard InChI is InChI=1S/C11H15ClO/c1-7(2)10-5-9(6-12)4-8(3)11(10)13/h4-5,7,13H,6H2,1-3H3. The molecule has 0 saturated heterocycles. The van der Waals surface area contributed by atoms with Gasteiger partial charge >= 0.3 is 0 Å². The molecule has 0 unspecified atom stereocenters. The lowest BCUT2D eigenvalue weighted by atomic mass is 9.97. The average molecular weight is 199 g/mol. The zero-order valence-electron chi connectivity index (χ0n) is 8.26. The molecule has 1 nitrogen and oxygen atoms in total. The summed E-state index contributed by atoms with van der Waals surface area (Å²) in [5, 5.41) is 9.74. The van der Waals surface area contributed by atoms with E-state index in [1.54, 1.807) is 0 Å². The van der Waals surface area contributed by atoms with E-state index in [0.717, 1.165) is 16.7 Å². The lowest BCUT2D eigenvalue weighted by Gasteiger charge is -2.12. The summed E-state index contributed by atoms with van der Waals surface area (Å²) in [5.41, 5.74) is 2.96. The first-order valence-corrected chi connectivity index (χ1v) is 4.98. The first-order valence-electron chi connectivity index (χ1n) is 4.44. The van der Waals surface area contributed by atoms with Crippen LogP contribution in [0.3, 0.4) is 0 Å². The van der Waals surface area contributed by atoms with Crippen molar-refractivity contribution in [2.24, 2.45) is 0 Å². The molecule has 0 saturated carbocycles. The van der Waals surface area contributed by atoms with E-state index in [9.17, 15) is 5.11 Å². The second-order valence-electron chi connectivity index (χ2n) is 3.64. The fourth-order valence-corrected chi connectivity index (χ4v) is 1.56. The van der Waals surface area contributed by atoms with Crippen LogP contribution in [0.1, 0.15) is 36.5 Å². The Kier molecular flexibility index (Phi) is 3.21. The summed E-state index contributed by atoms with van der Waals surface area (Å²) in [6, 6.07) is 3.90. The van der Waals surface area contributed by atoms with Crippen molar-refractivity contribution in [2.45, 2.75) is 32.6 Å². The number of rotatable bonds is 2. The van der Waals surface area contributed by atoms with E-state index >= 15 is 0 Å². The number of hydrogen-bond acceptors (Lipinski definition) is 1.